The molecule has 166 valence electrons. The number of amides is 2. The molecule has 2 amide bonds. The topological polar surface area (TPSA) is 53.1 Å². The monoisotopic (exact) mass is 423 g/mol. The van der Waals surface area contributed by atoms with Crippen LogP contribution in [0.4, 0.5) is 0 Å². The predicted octanol–water partition coefficient (Wildman–Crippen LogP) is 2.78. The van der Waals surface area contributed by atoms with Crippen LogP contribution < -0.4 is 4.74 Å². The summed E-state index contributed by atoms with van der Waals surface area (Å²) in [6, 6.07) is 17.7. The zero-order valence-electron chi connectivity index (χ0n) is 19.0. The number of methoxy groups -OCH3 is 1. The Morgan fingerprint density at radius 3 is 2.32 bits per heavy atom. The number of benzene rings is 2. The second kappa shape index (κ2) is 9.96. The highest BCUT2D eigenvalue weighted by Crippen LogP contribution is 2.26. The molecule has 0 unspecified atom stereocenters. The van der Waals surface area contributed by atoms with Crippen LogP contribution in [0.1, 0.15) is 25.0 Å². The number of nitrogens with zero attached hydrogens (tertiary/aromatic N) is 3. The van der Waals surface area contributed by atoms with E-state index in [-0.39, 0.29) is 11.8 Å². The van der Waals surface area contributed by atoms with Gasteiger partial charge in [0.2, 0.25) is 11.8 Å². The van der Waals surface area contributed by atoms with Crippen molar-refractivity contribution in [3.05, 3.63) is 65.7 Å². The fourth-order valence-electron chi connectivity index (χ4n) is 3.93. The highest BCUT2D eigenvalue weighted by atomic mass is 16.5. The fourth-order valence-corrected chi connectivity index (χ4v) is 3.93. The van der Waals surface area contributed by atoms with Gasteiger partial charge in [-0.1, -0.05) is 42.5 Å². The molecule has 6 heteroatoms. The Kier molecular flexibility index (Phi) is 7.33. The lowest BCUT2D eigenvalue weighted by Gasteiger charge is -2.39. The summed E-state index contributed by atoms with van der Waals surface area (Å²) in [5, 5.41) is 0. The van der Waals surface area contributed by atoms with Crippen molar-refractivity contribution in [2.24, 2.45) is 0 Å². The fraction of sp³-hybridized carbons (Fsp3) is 0.440. The molecule has 1 aliphatic heterocycles. The van der Waals surface area contributed by atoms with E-state index in [2.05, 4.69) is 4.90 Å². The van der Waals surface area contributed by atoms with Crippen LogP contribution >= 0.6 is 0 Å². The van der Waals surface area contributed by atoms with E-state index < -0.39 is 5.41 Å². The zero-order chi connectivity index (χ0) is 22.4. The standard InChI is InChI=1S/C25H33N3O3/c1-25(2,21-10-6-5-7-11-21)24(30)28-15-13-27(14-16-28)19-23(29)26(3)18-20-9-8-12-22(17-20)31-4/h5-12,17H,13-16,18-19H2,1-4H3. The summed E-state index contributed by atoms with van der Waals surface area (Å²) in [4.78, 5) is 31.6. The second-order valence-corrected chi connectivity index (χ2v) is 8.66. The molecule has 1 aliphatic rings. The minimum absolute atomic E-state index is 0.0761. The smallest absolute Gasteiger partial charge is 0.236 e. The third kappa shape index (κ3) is 5.64. The molecule has 0 spiro atoms. The molecule has 0 atom stereocenters. The van der Waals surface area contributed by atoms with Crippen molar-refractivity contribution in [3.8, 4) is 5.75 Å². The Hall–Kier alpha value is -2.86. The summed E-state index contributed by atoms with van der Waals surface area (Å²) in [6.45, 7) is 7.56. The van der Waals surface area contributed by atoms with Crippen LogP contribution in [0.2, 0.25) is 0 Å². The Bertz CT molecular complexity index is 890. The zero-order valence-corrected chi connectivity index (χ0v) is 19.0. The van der Waals surface area contributed by atoms with Gasteiger partial charge in [-0.25, -0.2) is 0 Å². The number of hydrogen-bond acceptors (Lipinski definition) is 4. The van der Waals surface area contributed by atoms with Crippen molar-refractivity contribution < 1.29 is 14.3 Å². The Morgan fingerprint density at radius 1 is 1.00 bits per heavy atom. The van der Waals surface area contributed by atoms with Crippen molar-refractivity contribution in [1.82, 2.24) is 14.7 Å². The molecule has 0 saturated carbocycles. The maximum Gasteiger partial charge on any atom is 0.236 e. The average molecular weight is 424 g/mol. The van der Waals surface area contributed by atoms with Gasteiger partial charge < -0.3 is 14.5 Å². The number of carbonyl (C=O) groups is 2. The molecule has 1 saturated heterocycles. The molecule has 1 heterocycles. The first kappa shape index (κ1) is 22.8. The minimum atomic E-state index is -0.559. The molecule has 0 bridgehead atoms. The lowest BCUT2D eigenvalue weighted by Crippen LogP contribution is -2.54. The number of rotatable bonds is 7. The maximum absolute atomic E-state index is 13.1. The van der Waals surface area contributed by atoms with Gasteiger partial charge in [-0.3, -0.25) is 14.5 Å². The lowest BCUT2D eigenvalue weighted by atomic mass is 9.83. The molecule has 31 heavy (non-hydrogen) atoms. The van der Waals surface area contributed by atoms with Crippen molar-refractivity contribution in [2.45, 2.75) is 25.8 Å². The largest absolute Gasteiger partial charge is 0.497 e. The van der Waals surface area contributed by atoms with Crippen molar-refractivity contribution in [2.75, 3.05) is 46.9 Å². The Morgan fingerprint density at radius 2 is 1.68 bits per heavy atom. The van der Waals surface area contributed by atoms with Crippen LogP contribution in [-0.2, 0) is 21.5 Å². The Balaban J connectivity index is 1.50. The predicted molar refractivity (Wildman–Crippen MR) is 122 cm³/mol. The molecule has 2 aromatic carbocycles. The van der Waals surface area contributed by atoms with E-state index in [1.807, 2.05) is 80.4 Å². The molecule has 6 nitrogen and oxygen atoms in total. The first-order valence-electron chi connectivity index (χ1n) is 10.8. The summed E-state index contributed by atoms with van der Waals surface area (Å²) in [7, 11) is 3.46. The van der Waals surface area contributed by atoms with Gasteiger partial charge in [-0.15, -0.1) is 0 Å². The van der Waals surface area contributed by atoms with Crippen LogP contribution in [0.3, 0.4) is 0 Å². The van der Waals surface area contributed by atoms with Crippen molar-refractivity contribution in [3.63, 3.8) is 0 Å². The van der Waals surface area contributed by atoms with E-state index in [1.165, 1.54) is 0 Å². The van der Waals surface area contributed by atoms with Gasteiger partial charge in [-0.2, -0.15) is 0 Å². The van der Waals surface area contributed by atoms with Gasteiger partial charge in [0.05, 0.1) is 19.1 Å². The van der Waals surface area contributed by atoms with E-state index in [1.54, 1.807) is 12.0 Å². The molecule has 2 aromatic rings. The minimum Gasteiger partial charge on any atom is -0.497 e. The molecule has 0 N–H and O–H groups in total. The van der Waals surface area contributed by atoms with E-state index >= 15 is 0 Å². The molecule has 0 aromatic heterocycles. The SMILES string of the molecule is COc1cccc(CN(C)C(=O)CN2CCN(C(=O)C(C)(C)c3ccccc3)CC2)c1. The normalized spacial score (nSPS) is 14.9. The summed E-state index contributed by atoms with van der Waals surface area (Å²) in [6.07, 6.45) is 0. The number of likely N-dealkylation sites (N-methyl/N-ethyl adjacent to an activating group) is 1. The van der Waals surface area contributed by atoms with E-state index in [4.69, 9.17) is 4.74 Å². The lowest BCUT2D eigenvalue weighted by molar-refractivity contribution is -0.138. The van der Waals surface area contributed by atoms with Crippen LogP contribution in [0.15, 0.2) is 54.6 Å². The van der Waals surface area contributed by atoms with E-state index in [0.717, 1.165) is 16.9 Å². The maximum atomic E-state index is 13.1. The summed E-state index contributed by atoms with van der Waals surface area (Å²) >= 11 is 0. The van der Waals surface area contributed by atoms with Gasteiger partial charge in [0.25, 0.3) is 0 Å². The molecule has 0 aliphatic carbocycles. The van der Waals surface area contributed by atoms with Crippen LogP contribution in [0.5, 0.6) is 5.75 Å². The highest BCUT2D eigenvalue weighted by molar-refractivity contribution is 5.87. The number of piperazine rings is 1. The van der Waals surface area contributed by atoms with Gasteiger partial charge in [0.1, 0.15) is 5.75 Å². The summed E-state index contributed by atoms with van der Waals surface area (Å²) in [5.74, 6) is 1.00. The molecule has 0 radical (unpaired) electrons. The quantitative estimate of drug-likeness (QED) is 0.687. The molecule has 3 rings (SSSR count). The molecular formula is C25H33N3O3. The third-order valence-electron chi connectivity index (χ3n) is 6.03. The van der Waals surface area contributed by atoms with Crippen LogP contribution in [-0.4, -0.2) is 73.4 Å². The van der Waals surface area contributed by atoms with Gasteiger partial charge in [-0.05, 0) is 37.1 Å². The number of ether oxygens (including phenoxy) is 1. The highest BCUT2D eigenvalue weighted by Gasteiger charge is 2.35. The molecule has 1 fully saturated rings. The van der Waals surface area contributed by atoms with Gasteiger partial charge in [0, 0.05) is 39.8 Å². The Labute approximate surface area is 185 Å². The number of carbonyl (C=O) groups excluding carboxylic acids is 2. The van der Waals surface area contributed by atoms with E-state index in [9.17, 15) is 9.59 Å². The van der Waals surface area contributed by atoms with Crippen molar-refractivity contribution >= 4 is 11.8 Å². The molecular weight excluding hydrogens is 390 g/mol. The summed E-state index contributed by atoms with van der Waals surface area (Å²) < 4.78 is 5.26. The first-order chi connectivity index (χ1) is 14.8. The first-order valence-corrected chi connectivity index (χ1v) is 10.8. The summed E-state index contributed by atoms with van der Waals surface area (Å²) in [5.41, 5.74) is 1.50. The van der Waals surface area contributed by atoms with Gasteiger partial charge >= 0.3 is 0 Å². The number of hydrogen-bond donors (Lipinski definition) is 0. The average Bonchev–Trinajstić information content (AvgIpc) is 2.79. The van der Waals surface area contributed by atoms with Crippen LogP contribution in [0.25, 0.3) is 0 Å². The van der Waals surface area contributed by atoms with Gasteiger partial charge in [0.15, 0.2) is 0 Å². The van der Waals surface area contributed by atoms with Crippen molar-refractivity contribution in [1.29, 1.82) is 0 Å². The second-order valence-electron chi connectivity index (χ2n) is 8.66. The third-order valence-corrected chi connectivity index (χ3v) is 6.03. The van der Waals surface area contributed by atoms with Crippen LogP contribution in [0, 0.1) is 0 Å². The van der Waals surface area contributed by atoms with E-state index in [0.29, 0.717) is 39.3 Å².